The summed E-state index contributed by atoms with van der Waals surface area (Å²) in [7, 11) is 1.73. The lowest BCUT2D eigenvalue weighted by Gasteiger charge is -2.13. The van der Waals surface area contributed by atoms with Crippen LogP contribution in [0.5, 0.6) is 0 Å². The predicted molar refractivity (Wildman–Crippen MR) is 114 cm³/mol. The van der Waals surface area contributed by atoms with E-state index < -0.39 is 0 Å². The summed E-state index contributed by atoms with van der Waals surface area (Å²) in [4.78, 5) is 16.1. The van der Waals surface area contributed by atoms with Gasteiger partial charge in [0.1, 0.15) is 0 Å². The Morgan fingerprint density at radius 3 is 2.24 bits per heavy atom. The number of nitrogens with zero attached hydrogens (tertiary/aromatic N) is 1. The predicted octanol–water partition coefficient (Wildman–Crippen LogP) is 2.71. The first-order chi connectivity index (χ1) is 11.7. The second kappa shape index (κ2) is 11.5. The fourth-order valence-electron chi connectivity index (χ4n) is 2.26. The molecular weight excluding hydrogens is 427 g/mol. The Morgan fingerprint density at radius 2 is 1.56 bits per heavy atom. The number of carbonyl (C=O) groups is 1. The third-order valence-corrected chi connectivity index (χ3v) is 3.67. The van der Waals surface area contributed by atoms with E-state index in [4.69, 9.17) is 0 Å². The molecule has 0 bridgehead atoms. The van der Waals surface area contributed by atoms with Crippen molar-refractivity contribution in [1.82, 2.24) is 16.0 Å². The molecule has 0 unspecified atom stereocenters. The highest BCUT2D eigenvalue weighted by Crippen LogP contribution is 2.05. The molecule has 0 heterocycles. The zero-order chi connectivity index (χ0) is 17.2. The Labute approximate surface area is 166 Å². The minimum atomic E-state index is -0.0692. The van der Waals surface area contributed by atoms with E-state index >= 15 is 0 Å². The number of aryl methyl sites for hydroxylation is 1. The van der Waals surface area contributed by atoms with E-state index in [1.807, 2.05) is 30.3 Å². The summed E-state index contributed by atoms with van der Waals surface area (Å²) in [6, 6.07) is 17.4. The minimum absolute atomic E-state index is 0. The molecule has 0 aliphatic heterocycles. The van der Waals surface area contributed by atoms with Gasteiger partial charge in [-0.15, -0.1) is 24.0 Å². The number of aliphatic imine (C=N–C) groups is 1. The third kappa shape index (κ3) is 7.13. The van der Waals surface area contributed by atoms with Crippen molar-refractivity contribution >= 4 is 35.8 Å². The van der Waals surface area contributed by atoms with Gasteiger partial charge in [-0.2, -0.15) is 0 Å². The van der Waals surface area contributed by atoms with Gasteiger partial charge in [-0.3, -0.25) is 9.79 Å². The number of benzene rings is 2. The minimum Gasteiger partial charge on any atom is -0.355 e. The van der Waals surface area contributed by atoms with Crippen molar-refractivity contribution in [2.45, 2.75) is 13.5 Å². The van der Waals surface area contributed by atoms with Gasteiger partial charge in [-0.05, 0) is 30.2 Å². The van der Waals surface area contributed by atoms with Crippen molar-refractivity contribution in [2.24, 2.45) is 4.99 Å². The Hall–Kier alpha value is -2.09. The van der Waals surface area contributed by atoms with Gasteiger partial charge < -0.3 is 16.0 Å². The second-order valence-electron chi connectivity index (χ2n) is 5.40. The van der Waals surface area contributed by atoms with Crippen molar-refractivity contribution in [2.75, 3.05) is 20.1 Å². The van der Waals surface area contributed by atoms with Crippen LogP contribution in [0.1, 0.15) is 21.5 Å². The molecule has 5 nitrogen and oxygen atoms in total. The van der Waals surface area contributed by atoms with Crippen LogP contribution in [0.4, 0.5) is 0 Å². The molecule has 0 radical (unpaired) electrons. The molecule has 0 saturated heterocycles. The first-order valence-corrected chi connectivity index (χ1v) is 8.03. The van der Waals surface area contributed by atoms with Crippen molar-refractivity contribution in [3.63, 3.8) is 0 Å². The van der Waals surface area contributed by atoms with Crippen LogP contribution in [0.3, 0.4) is 0 Å². The SMILES string of the molecule is CN=C(NCCNC(=O)c1ccccc1)NCc1ccccc1C.I. The number of rotatable bonds is 6. The molecule has 0 saturated carbocycles. The number of nitrogens with one attached hydrogen (secondary N) is 3. The monoisotopic (exact) mass is 452 g/mol. The van der Waals surface area contributed by atoms with Gasteiger partial charge in [0, 0.05) is 32.2 Å². The van der Waals surface area contributed by atoms with E-state index in [1.165, 1.54) is 11.1 Å². The van der Waals surface area contributed by atoms with Gasteiger partial charge in [0.15, 0.2) is 5.96 Å². The summed E-state index contributed by atoms with van der Waals surface area (Å²) in [5.74, 6) is 0.646. The molecule has 1 amide bonds. The fourth-order valence-corrected chi connectivity index (χ4v) is 2.26. The Balaban J connectivity index is 0.00000312. The van der Waals surface area contributed by atoms with E-state index in [2.05, 4.69) is 40.0 Å². The number of hydrogen-bond acceptors (Lipinski definition) is 2. The van der Waals surface area contributed by atoms with Gasteiger partial charge in [-0.1, -0.05) is 42.5 Å². The van der Waals surface area contributed by atoms with Crippen molar-refractivity contribution in [3.05, 3.63) is 71.3 Å². The Kier molecular flexibility index (Phi) is 9.61. The summed E-state index contributed by atoms with van der Waals surface area (Å²) in [6.07, 6.45) is 0. The summed E-state index contributed by atoms with van der Waals surface area (Å²) >= 11 is 0. The zero-order valence-corrected chi connectivity index (χ0v) is 16.9. The van der Waals surface area contributed by atoms with Crippen LogP contribution in [0.25, 0.3) is 0 Å². The Bertz CT molecular complexity index is 689. The lowest BCUT2D eigenvalue weighted by Crippen LogP contribution is -2.41. The molecule has 0 aromatic heterocycles. The van der Waals surface area contributed by atoms with Crippen LogP contribution in [-0.2, 0) is 6.54 Å². The van der Waals surface area contributed by atoms with Crippen molar-refractivity contribution < 1.29 is 4.79 Å². The first-order valence-electron chi connectivity index (χ1n) is 8.03. The highest BCUT2D eigenvalue weighted by atomic mass is 127. The van der Waals surface area contributed by atoms with E-state index in [9.17, 15) is 4.79 Å². The van der Waals surface area contributed by atoms with Crippen LogP contribution in [0, 0.1) is 6.92 Å². The number of guanidine groups is 1. The zero-order valence-electron chi connectivity index (χ0n) is 14.6. The molecule has 0 spiro atoms. The van der Waals surface area contributed by atoms with Gasteiger partial charge in [0.2, 0.25) is 0 Å². The van der Waals surface area contributed by atoms with Gasteiger partial charge >= 0.3 is 0 Å². The van der Waals surface area contributed by atoms with E-state index in [0.717, 1.165) is 0 Å². The van der Waals surface area contributed by atoms with Gasteiger partial charge in [-0.25, -0.2) is 0 Å². The molecule has 25 heavy (non-hydrogen) atoms. The molecule has 0 atom stereocenters. The molecule has 2 aromatic carbocycles. The second-order valence-corrected chi connectivity index (χ2v) is 5.40. The van der Waals surface area contributed by atoms with E-state index in [-0.39, 0.29) is 29.9 Å². The van der Waals surface area contributed by atoms with Crippen LogP contribution in [0.2, 0.25) is 0 Å². The topological polar surface area (TPSA) is 65.5 Å². The summed E-state index contributed by atoms with van der Waals surface area (Å²) in [6.45, 7) is 3.93. The number of carbonyl (C=O) groups excluding carboxylic acids is 1. The largest absolute Gasteiger partial charge is 0.355 e. The quantitative estimate of drug-likeness (QED) is 0.273. The van der Waals surface area contributed by atoms with Gasteiger partial charge in [0.25, 0.3) is 5.91 Å². The molecule has 0 fully saturated rings. The fraction of sp³-hybridized carbons (Fsp3) is 0.263. The molecule has 0 aliphatic rings. The summed E-state index contributed by atoms with van der Waals surface area (Å²) < 4.78 is 0. The number of amides is 1. The highest BCUT2D eigenvalue weighted by Gasteiger charge is 2.04. The molecule has 2 rings (SSSR count). The van der Waals surface area contributed by atoms with E-state index in [0.29, 0.717) is 31.2 Å². The van der Waals surface area contributed by atoms with Crippen molar-refractivity contribution in [1.29, 1.82) is 0 Å². The van der Waals surface area contributed by atoms with Crippen LogP contribution in [0.15, 0.2) is 59.6 Å². The molecule has 134 valence electrons. The third-order valence-electron chi connectivity index (χ3n) is 3.67. The van der Waals surface area contributed by atoms with Crippen LogP contribution < -0.4 is 16.0 Å². The average Bonchev–Trinajstić information content (AvgIpc) is 2.63. The smallest absolute Gasteiger partial charge is 0.251 e. The number of hydrogen-bond donors (Lipinski definition) is 3. The highest BCUT2D eigenvalue weighted by molar-refractivity contribution is 14.0. The molecule has 3 N–H and O–H groups in total. The molecule has 6 heteroatoms. The number of halogens is 1. The van der Waals surface area contributed by atoms with Gasteiger partial charge in [0.05, 0.1) is 0 Å². The van der Waals surface area contributed by atoms with Crippen molar-refractivity contribution in [3.8, 4) is 0 Å². The standard InChI is InChI=1S/C19H24N4O.HI/c1-15-8-6-7-11-17(15)14-23-19(20-2)22-13-12-21-18(24)16-9-4-3-5-10-16;/h3-11H,12-14H2,1-2H3,(H,21,24)(H2,20,22,23);1H. The van der Waals surface area contributed by atoms with E-state index in [1.54, 1.807) is 19.2 Å². The molecule has 0 aliphatic carbocycles. The van der Waals surface area contributed by atoms with Crippen LogP contribution >= 0.6 is 24.0 Å². The normalized spacial score (nSPS) is 10.6. The average molecular weight is 452 g/mol. The lowest BCUT2D eigenvalue weighted by atomic mass is 10.1. The van der Waals surface area contributed by atoms with Crippen LogP contribution in [-0.4, -0.2) is 32.0 Å². The molecular formula is C19H25IN4O. The maximum absolute atomic E-state index is 11.9. The maximum atomic E-state index is 11.9. The lowest BCUT2D eigenvalue weighted by molar-refractivity contribution is 0.0954. The Morgan fingerprint density at radius 1 is 0.920 bits per heavy atom. The maximum Gasteiger partial charge on any atom is 0.251 e. The summed E-state index contributed by atoms with van der Waals surface area (Å²) in [5.41, 5.74) is 3.15. The summed E-state index contributed by atoms with van der Waals surface area (Å²) in [5, 5.41) is 9.34. The first kappa shape index (κ1) is 21.0. The molecule has 2 aromatic rings.